The summed E-state index contributed by atoms with van der Waals surface area (Å²) in [6.45, 7) is 6.06. The molecule has 1 aliphatic rings. The monoisotopic (exact) mass is 375 g/mol. The van der Waals surface area contributed by atoms with E-state index >= 15 is 0 Å². The number of aryl methyl sites for hydroxylation is 2. The average Bonchev–Trinajstić information content (AvgIpc) is 3.48. The standard InChI is InChI=1S/C23H25N3O2/c1-13(2)21-22-17(12-24-25-21)11-19(23(28)26(22)4)18-10-16(8-5-14(18)3)20(27)9-15-6-7-15/h5,8,10-13,15H,6-7,9H2,1-4H3. The first-order chi connectivity index (χ1) is 13.4. The smallest absolute Gasteiger partial charge is 0.258 e. The lowest BCUT2D eigenvalue weighted by Gasteiger charge is -2.15. The Labute approximate surface area is 164 Å². The molecule has 0 N–H and O–H groups in total. The molecule has 0 aliphatic heterocycles. The fourth-order valence-electron chi connectivity index (χ4n) is 3.75. The van der Waals surface area contributed by atoms with E-state index in [-0.39, 0.29) is 17.3 Å². The van der Waals surface area contributed by atoms with Crippen LogP contribution < -0.4 is 5.56 Å². The molecular formula is C23H25N3O2. The Morgan fingerprint density at radius 3 is 2.64 bits per heavy atom. The van der Waals surface area contributed by atoms with E-state index < -0.39 is 0 Å². The van der Waals surface area contributed by atoms with Crippen molar-refractivity contribution >= 4 is 16.7 Å². The number of ketones is 1. The first-order valence-corrected chi connectivity index (χ1v) is 9.86. The van der Waals surface area contributed by atoms with Gasteiger partial charge in [-0.15, -0.1) is 0 Å². The minimum absolute atomic E-state index is 0.0858. The van der Waals surface area contributed by atoms with E-state index in [0.717, 1.165) is 40.6 Å². The van der Waals surface area contributed by atoms with Crippen LogP contribution in [-0.4, -0.2) is 20.5 Å². The number of pyridine rings is 1. The van der Waals surface area contributed by atoms with Crippen molar-refractivity contribution in [2.75, 3.05) is 0 Å². The molecule has 0 unspecified atom stereocenters. The summed E-state index contributed by atoms with van der Waals surface area (Å²) in [5.41, 5.74) is 4.61. The maximum absolute atomic E-state index is 13.2. The number of aromatic nitrogens is 3. The lowest BCUT2D eigenvalue weighted by atomic mass is 9.95. The van der Waals surface area contributed by atoms with Crippen LogP contribution in [0.1, 0.15) is 60.6 Å². The third-order valence-corrected chi connectivity index (χ3v) is 5.62. The molecular weight excluding hydrogens is 350 g/mol. The molecule has 3 aromatic rings. The second kappa shape index (κ2) is 6.97. The molecule has 0 amide bonds. The van der Waals surface area contributed by atoms with Crippen molar-refractivity contribution in [2.24, 2.45) is 13.0 Å². The van der Waals surface area contributed by atoms with Gasteiger partial charge < -0.3 is 4.57 Å². The van der Waals surface area contributed by atoms with Gasteiger partial charge in [-0.2, -0.15) is 10.2 Å². The molecule has 2 aromatic heterocycles. The molecule has 5 nitrogen and oxygen atoms in total. The molecule has 2 heterocycles. The van der Waals surface area contributed by atoms with Crippen molar-refractivity contribution < 1.29 is 4.79 Å². The molecule has 5 heteroatoms. The van der Waals surface area contributed by atoms with Crippen LogP contribution in [0.25, 0.3) is 22.0 Å². The zero-order valence-electron chi connectivity index (χ0n) is 16.8. The number of rotatable bonds is 5. The van der Waals surface area contributed by atoms with E-state index in [0.29, 0.717) is 23.5 Å². The van der Waals surface area contributed by atoms with Gasteiger partial charge >= 0.3 is 0 Å². The summed E-state index contributed by atoms with van der Waals surface area (Å²) in [4.78, 5) is 25.8. The van der Waals surface area contributed by atoms with Crippen molar-refractivity contribution in [1.82, 2.24) is 14.8 Å². The van der Waals surface area contributed by atoms with Gasteiger partial charge in [0.2, 0.25) is 0 Å². The highest BCUT2D eigenvalue weighted by molar-refractivity contribution is 5.98. The number of hydrogen-bond acceptors (Lipinski definition) is 4. The molecule has 4 rings (SSSR count). The highest BCUT2D eigenvalue weighted by Gasteiger charge is 2.25. The van der Waals surface area contributed by atoms with Crippen LogP contribution in [0.5, 0.6) is 0 Å². The molecule has 0 saturated heterocycles. The Kier molecular flexibility index (Phi) is 4.61. The van der Waals surface area contributed by atoms with Crippen LogP contribution in [0.4, 0.5) is 0 Å². The predicted molar refractivity (Wildman–Crippen MR) is 111 cm³/mol. The van der Waals surface area contributed by atoms with Gasteiger partial charge in [0, 0.05) is 30.0 Å². The van der Waals surface area contributed by atoms with Gasteiger partial charge in [-0.3, -0.25) is 9.59 Å². The van der Waals surface area contributed by atoms with Crippen molar-refractivity contribution in [3.05, 3.63) is 57.6 Å². The highest BCUT2D eigenvalue weighted by atomic mass is 16.1. The Hall–Kier alpha value is -2.82. The number of carbonyl (C=O) groups excluding carboxylic acids is 1. The molecule has 1 saturated carbocycles. The minimum Gasteiger partial charge on any atom is -0.309 e. The summed E-state index contributed by atoms with van der Waals surface area (Å²) in [5, 5.41) is 9.25. The van der Waals surface area contributed by atoms with Crippen LogP contribution >= 0.6 is 0 Å². The molecule has 1 fully saturated rings. The quantitative estimate of drug-likeness (QED) is 0.620. The van der Waals surface area contributed by atoms with E-state index in [4.69, 9.17) is 0 Å². The Morgan fingerprint density at radius 2 is 1.96 bits per heavy atom. The Morgan fingerprint density at radius 1 is 1.21 bits per heavy atom. The highest BCUT2D eigenvalue weighted by Crippen LogP contribution is 2.34. The van der Waals surface area contributed by atoms with Crippen molar-refractivity contribution in [2.45, 2.75) is 46.0 Å². The normalized spacial score (nSPS) is 14.0. The van der Waals surface area contributed by atoms with Crippen LogP contribution in [0.3, 0.4) is 0 Å². The second-order valence-electron chi connectivity index (χ2n) is 8.21. The zero-order valence-corrected chi connectivity index (χ0v) is 16.8. The lowest BCUT2D eigenvalue weighted by Crippen LogP contribution is -2.21. The van der Waals surface area contributed by atoms with Crippen LogP contribution in [0, 0.1) is 12.8 Å². The molecule has 0 spiro atoms. The van der Waals surface area contributed by atoms with Crippen LogP contribution in [0.15, 0.2) is 35.3 Å². The molecule has 144 valence electrons. The van der Waals surface area contributed by atoms with E-state index in [9.17, 15) is 9.59 Å². The van der Waals surface area contributed by atoms with E-state index in [2.05, 4.69) is 10.2 Å². The van der Waals surface area contributed by atoms with Gasteiger partial charge in [0.05, 0.1) is 17.4 Å². The molecule has 28 heavy (non-hydrogen) atoms. The first kappa shape index (κ1) is 18.5. The fraction of sp³-hybridized carbons (Fsp3) is 0.391. The molecule has 0 radical (unpaired) electrons. The number of carbonyl (C=O) groups is 1. The maximum Gasteiger partial charge on any atom is 0.258 e. The third kappa shape index (κ3) is 3.26. The summed E-state index contributed by atoms with van der Waals surface area (Å²) < 4.78 is 1.66. The summed E-state index contributed by atoms with van der Waals surface area (Å²) in [7, 11) is 1.78. The maximum atomic E-state index is 13.2. The molecule has 0 atom stereocenters. The Bertz CT molecular complexity index is 1140. The first-order valence-electron chi connectivity index (χ1n) is 9.86. The van der Waals surface area contributed by atoms with Gasteiger partial charge in [0.15, 0.2) is 5.78 Å². The van der Waals surface area contributed by atoms with E-state index in [1.54, 1.807) is 17.8 Å². The molecule has 1 aliphatic carbocycles. The van der Waals surface area contributed by atoms with Crippen molar-refractivity contribution in [3.63, 3.8) is 0 Å². The topological polar surface area (TPSA) is 64.8 Å². The van der Waals surface area contributed by atoms with Gasteiger partial charge in [0.1, 0.15) is 0 Å². The number of fused-ring (bicyclic) bond motifs is 1. The average molecular weight is 375 g/mol. The predicted octanol–water partition coefficient (Wildman–Crippen LogP) is 4.41. The molecule has 1 aromatic carbocycles. The van der Waals surface area contributed by atoms with Crippen molar-refractivity contribution in [1.29, 1.82) is 0 Å². The van der Waals surface area contributed by atoms with Crippen LogP contribution in [0.2, 0.25) is 0 Å². The van der Waals surface area contributed by atoms with Gasteiger partial charge in [0.25, 0.3) is 5.56 Å². The van der Waals surface area contributed by atoms with Gasteiger partial charge in [-0.1, -0.05) is 26.0 Å². The van der Waals surface area contributed by atoms with E-state index in [1.165, 1.54) is 0 Å². The van der Waals surface area contributed by atoms with Crippen molar-refractivity contribution in [3.8, 4) is 11.1 Å². The van der Waals surface area contributed by atoms with Gasteiger partial charge in [-0.25, -0.2) is 0 Å². The summed E-state index contributed by atoms with van der Waals surface area (Å²) in [5.74, 6) is 0.867. The number of Topliss-reactive ketones (excluding diaryl/α,β-unsaturated/α-hetero) is 1. The third-order valence-electron chi connectivity index (χ3n) is 5.62. The number of hydrogen-bond donors (Lipinski definition) is 0. The number of nitrogens with zero attached hydrogens (tertiary/aromatic N) is 3. The summed E-state index contributed by atoms with van der Waals surface area (Å²) >= 11 is 0. The largest absolute Gasteiger partial charge is 0.309 e. The Balaban J connectivity index is 1.88. The van der Waals surface area contributed by atoms with Gasteiger partial charge in [-0.05, 0) is 54.9 Å². The molecule has 0 bridgehead atoms. The number of benzene rings is 1. The lowest BCUT2D eigenvalue weighted by molar-refractivity contribution is 0.0976. The van der Waals surface area contributed by atoms with E-state index in [1.807, 2.05) is 45.0 Å². The SMILES string of the molecule is Cc1ccc(C(=O)CC2CC2)cc1-c1cc2cnnc(C(C)C)c2n(C)c1=O. The summed E-state index contributed by atoms with van der Waals surface area (Å²) in [6.07, 6.45) is 4.59. The minimum atomic E-state index is -0.0858. The second-order valence-corrected chi connectivity index (χ2v) is 8.21. The van der Waals surface area contributed by atoms with Crippen LogP contribution in [-0.2, 0) is 7.05 Å². The summed E-state index contributed by atoms with van der Waals surface area (Å²) in [6, 6.07) is 7.57. The zero-order chi connectivity index (χ0) is 20.0. The fourth-order valence-corrected chi connectivity index (χ4v) is 3.75.